The predicted molar refractivity (Wildman–Crippen MR) is 97.5 cm³/mol. The van der Waals surface area contributed by atoms with Crippen LogP contribution in [0.1, 0.15) is 12.1 Å². The van der Waals surface area contributed by atoms with Crippen LogP contribution in [0.2, 0.25) is 0 Å². The first-order valence-corrected chi connectivity index (χ1v) is 8.82. The molecule has 1 aliphatic rings. The molecule has 1 aliphatic heterocycles. The topological polar surface area (TPSA) is 63.2 Å². The van der Waals surface area contributed by atoms with Crippen LogP contribution in [-0.4, -0.2) is 27.0 Å². The van der Waals surface area contributed by atoms with Crippen molar-refractivity contribution in [3.8, 4) is 0 Å². The van der Waals surface area contributed by atoms with Gasteiger partial charge in [0.25, 0.3) is 0 Å². The smallest absolute Gasteiger partial charge is 0.247 e. The summed E-state index contributed by atoms with van der Waals surface area (Å²) in [6.45, 7) is 1.87. The molecule has 25 heavy (non-hydrogen) atoms. The molecule has 1 saturated heterocycles. The number of nitrogens with zero attached hydrogens (tertiary/aromatic N) is 3. The van der Waals surface area contributed by atoms with E-state index in [2.05, 4.69) is 9.97 Å². The lowest BCUT2D eigenvalue weighted by Gasteiger charge is -2.15. The maximum atomic E-state index is 12.8. The minimum atomic E-state index is -0.485. The minimum absolute atomic E-state index is 0.160. The third kappa shape index (κ3) is 3.00. The molecule has 1 fully saturated rings. The molecule has 1 aromatic heterocycles. The molecule has 0 spiro atoms. The third-order valence-electron chi connectivity index (χ3n) is 4.12. The summed E-state index contributed by atoms with van der Waals surface area (Å²) in [7, 11) is 0. The zero-order chi connectivity index (χ0) is 17.4. The minimum Gasteiger partial charge on any atom is -0.274 e. The van der Waals surface area contributed by atoms with Gasteiger partial charge in [-0.15, -0.1) is 0 Å². The van der Waals surface area contributed by atoms with Gasteiger partial charge < -0.3 is 0 Å². The SMILES string of the molecule is Cc1ccnc(S[C@@H]2CC(=O)N(c3ccc4ccccc4c3)C2=O)n1. The van der Waals surface area contributed by atoms with Gasteiger partial charge in [0.05, 0.1) is 5.69 Å². The van der Waals surface area contributed by atoms with E-state index in [-0.39, 0.29) is 18.2 Å². The van der Waals surface area contributed by atoms with E-state index in [1.807, 2.05) is 49.4 Å². The van der Waals surface area contributed by atoms with Gasteiger partial charge in [-0.25, -0.2) is 14.9 Å². The number of carbonyl (C=O) groups is 2. The van der Waals surface area contributed by atoms with E-state index < -0.39 is 5.25 Å². The van der Waals surface area contributed by atoms with Gasteiger partial charge in [0, 0.05) is 18.3 Å². The summed E-state index contributed by atoms with van der Waals surface area (Å²) in [6.07, 6.45) is 1.82. The number of imide groups is 1. The average Bonchev–Trinajstić information content (AvgIpc) is 2.88. The van der Waals surface area contributed by atoms with Crippen molar-refractivity contribution in [2.24, 2.45) is 0 Å². The summed E-state index contributed by atoms with van der Waals surface area (Å²) >= 11 is 1.25. The van der Waals surface area contributed by atoms with Crippen LogP contribution < -0.4 is 4.90 Å². The fourth-order valence-electron chi connectivity index (χ4n) is 2.89. The van der Waals surface area contributed by atoms with Crippen molar-refractivity contribution in [1.29, 1.82) is 0 Å². The fourth-order valence-corrected chi connectivity index (χ4v) is 3.90. The Morgan fingerprint density at radius 3 is 2.68 bits per heavy atom. The molecule has 0 aliphatic carbocycles. The Kier molecular flexibility index (Phi) is 3.97. The maximum Gasteiger partial charge on any atom is 0.247 e. The van der Waals surface area contributed by atoms with Gasteiger partial charge in [-0.2, -0.15) is 0 Å². The van der Waals surface area contributed by atoms with Crippen LogP contribution >= 0.6 is 11.8 Å². The van der Waals surface area contributed by atoms with Crippen LogP contribution in [0.3, 0.4) is 0 Å². The van der Waals surface area contributed by atoms with Crippen molar-refractivity contribution in [2.75, 3.05) is 4.90 Å². The maximum absolute atomic E-state index is 12.8. The van der Waals surface area contributed by atoms with E-state index in [9.17, 15) is 9.59 Å². The van der Waals surface area contributed by atoms with Gasteiger partial charge in [-0.3, -0.25) is 9.59 Å². The van der Waals surface area contributed by atoms with Crippen molar-refractivity contribution in [2.45, 2.75) is 23.8 Å². The lowest BCUT2D eigenvalue weighted by Crippen LogP contribution is -2.31. The van der Waals surface area contributed by atoms with Gasteiger partial charge in [0.2, 0.25) is 11.8 Å². The normalized spacial score (nSPS) is 17.5. The molecule has 6 heteroatoms. The summed E-state index contributed by atoms with van der Waals surface area (Å²) in [6, 6.07) is 15.3. The van der Waals surface area contributed by atoms with Crippen LogP contribution in [0.15, 0.2) is 59.9 Å². The Labute approximate surface area is 149 Å². The van der Waals surface area contributed by atoms with Crippen molar-refractivity contribution < 1.29 is 9.59 Å². The number of carbonyl (C=O) groups excluding carboxylic acids is 2. The Bertz CT molecular complexity index is 989. The van der Waals surface area contributed by atoms with Crippen molar-refractivity contribution >= 4 is 40.0 Å². The predicted octanol–water partition coefficient (Wildman–Crippen LogP) is 3.36. The van der Waals surface area contributed by atoms with Gasteiger partial charge >= 0.3 is 0 Å². The molecule has 3 aromatic rings. The Hall–Kier alpha value is -2.73. The van der Waals surface area contributed by atoms with E-state index >= 15 is 0 Å². The molecule has 0 radical (unpaired) electrons. The van der Waals surface area contributed by atoms with Gasteiger partial charge in [-0.05, 0) is 35.9 Å². The standard InChI is InChI=1S/C19H15N3O2S/c1-12-8-9-20-19(21-12)25-16-11-17(23)22(18(16)24)15-7-6-13-4-2-3-5-14(13)10-15/h2-10,16H,11H2,1H3/t16-/m1/s1. The number of benzene rings is 2. The fraction of sp³-hybridized carbons (Fsp3) is 0.158. The Morgan fingerprint density at radius 1 is 1.08 bits per heavy atom. The highest BCUT2D eigenvalue weighted by molar-refractivity contribution is 8.00. The summed E-state index contributed by atoms with van der Waals surface area (Å²) in [5, 5.41) is 2.11. The van der Waals surface area contributed by atoms with E-state index in [0.717, 1.165) is 16.5 Å². The number of aryl methyl sites for hydroxylation is 1. The molecule has 124 valence electrons. The van der Waals surface area contributed by atoms with E-state index in [1.165, 1.54) is 16.7 Å². The highest BCUT2D eigenvalue weighted by Gasteiger charge is 2.40. The average molecular weight is 349 g/mol. The first kappa shape index (κ1) is 15.8. The number of amides is 2. The summed E-state index contributed by atoms with van der Waals surface area (Å²) in [5.74, 6) is -0.402. The number of anilines is 1. The van der Waals surface area contributed by atoms with E-state index in [0.29, 0.717) is 10.8 Å². The summed E-state index contributed by atoms with van der Waals surface area (Å²) < 4.78 is 0. The van der Waals surface area contributed by atoms with E-state index in [4.69, 9.17) is 0 Å². The molecule has 0 saturated carbocycles. The second kappa shape index (κ2) is 6.29. The lowest BCUT2D eigenvalue weighted by atomic mass is 10.1. The highest BCUT2D eigenvalue weighted by atomic mass is 32.2. The highest BCUT2D eigenvalue weighted by Crippen LogP contribution is 2.33. The van der Waals surface area contributed by atoms with Crippen LogP contribution in [0.5, 0.6) is 0 Å². The Balaban J connectivity index is 1.62. The molecule has 5 nitrogen and oxygen atoms in total. The van der Waals surface area contributed by atoms with Crippen LogP contribution in [0.25, 0.3) is 10.8 Å². The Morgan fingerprint density at radius 2 is 1.88 bits per heavy atom. The van der Waals surface area contributed by atoms with Gasteiger partial charge in [0.15, 0.2) is 5.16 Å². The van der Waals surface area contributed by atoms with Gasteiger partial charge in [-0.1, -0.05) is 42.1 Å². The van der Waals surface area contributed by atoms with Crippen LogP contribution in [0, 0.1) is 6.92 Å². The molecular formula is C19H15N3O2S. The molecular weight excluding hydrogens is 334 g/mol. The number of aromatic nitrogens is 2. The second-order valence-electron chi connectivity index (χ2n) is 5.89. The van der Waals surface area contributed by atoms with Gasteiger partial charge in [0.1, 0.15) is 5.25 Å². The first-order valence-electron chi connectivity index (χ1n) is 7.94. The quantitative estimate of drug-likeness (QED) is 0.536. The molecule has 0 N–H and O–H groups in total. The largest absolute Gasteiger partial charge is 0.274 e. The second-order valence-corrected chi connectivity index (χ2v) is 7.06. The molecule has 0 unspecified atom stereocenters. The third-order valence-corrected chi connectivity index (χ3v) is 5.18. The van der Waals surface area contributed by atoms with Crippen molar-refractivity contribution in [3.63, 3.8) is 0 Å². The molecule has 4 rings (SSSR count). The van der Waals surface area contributed by atoms with E-state index in [1.54, 1.807) is 12.3 Å². The van der Waals surface area contributed by atoms with Crippen LogP contribution in [0.4, 0.5) is 5.69 Å². The summed E-state index contributed by atoms with van der Waals surface area (Å²) in [5.41, 5.74) is 1.45. The number of thioether (sulfide) groups is 1. The first-order chi connectivity index (χ1) is 12.1. The molecule has 2 aromatic carbocycles. The zero-order valence-electron chi connectivity index (χ0n) is 13.5. The number of hydrogen-bond donors (Lipinski definition) is 0. The van der Waals surface area contributed by atoms with Crippen LogP contribution in [-0.2, 0) is 9.59 Å². The zero-order valence-corrected chi connectivity index (χ0v) is 14.4. The summed E-state index contributed by atoms with van der Waals surface area (Å²) in [4.78, 5) is 35.0. The van der Waals surface area contributed by atoms with Crippen molar-refractivity contribution in [1.82, 2.24) is 9.97 Å². The molecule has 1 atom stereocenters. The van der Waals surface area contributed by atoms with Crippen molar-refractivity contribution in [3.05, 3.63) is 60.4 Å². The lowest BCUT2D eigenvalue weighted by molar-refractivity contribution is -0.121. The number of rotatable bonds is 3. The molecule has 2 heterocycles. The molecule has 0 bridgehead atoms. The number of hydrogen-bond acceptors (Lipinski definition) is 5. The number of fused-ring (bicyclic) bond motifs is 1. The molecule has 2 amide bonds. The monoisotopic (exact) mass is 349 g/mol.